The van der Waals surface area contributed by atoms with E-state index < -0.39 is 0 Å². The molecule has 0 bridgehead atoms. The van der Waals surface area contributed by atoms with Gasteiger partial charge in [0, 0.05) is 6.61 Å². The first-order valence-corrected chi connectivity index (χ1v) is 7.06. The Morgan fingerprint density at radius 3 is 2.95 bits per heavy atom. The molecule has 1 saturated heterocycles. The first-order chi connectivity index (χ1) is 9.13. The predicted octanol–water partition coefficient (Wildman–Crippen LogP) is 2.11. The number of nitrogens with zero attached hydrogens (tertiary/aromatic N) is 2. The van der Waals surface area contributed by atoms with Crippen molar-refractivity contribution in [1.82, 2.24) is 15.5 Å². The fourth-order valence-electron chi connectivity index (χ4n) is 2.20. The molecule has 2 N–H and O–H groups in total. The molecule has 2 heterocycles. The highest BCUT2D eigenvalue weighted by Crippen LogP contribution is 2.24. The van der Waals surface area contributed by atoms with Crippen LogP contribution in [0.1, 0.15) is 52.0 Å². The average Bonchev–Trinajstić information content (AvgIpc) is 2.84. The summed E-state index contributed by atoms with van der Waals surface area (Å²) >= 11 is 0. The minimum atomic E-state index is -0.109. The molecule has 6 heteroatoms. The highest BCUT2D eigenvalue weighted by Gasteiger charge is 2.29. The number of aromatic nitrogens is 2. The summed E-state index contributed by atoms with van der Waals surface area (Å²) in [6, 6.07) is 0.562. The molecule has 1 aromatic heterocycles. The van der Waals surface area contributed by atoms with E-state index in [1.165, 1.54) is 0 Å². The summed E-state index contributed by atoms with van der Waals surface area (Å²) in [6.45, 7) is 8.73. The maximum Gasteiger partial charge on any atom is 0.316 e. The molecule has 0 aliphatic carbocycles. The lowest BCUT2D eigenvalue weighted by molar-refractivity contribution is 0.0530. The molecule has 1 fully saturated rings. The maximum atomic E-state index is 5.66. The van der Waals surface area contributed by atoms with Crippen LogP contribution in [-0.4, -0.2) is 35.5 Å². The zero-order valence-electron chi connectivity index (χ0n) is 12.0. The van der Waals surface area contributed by atoms with E-state index >= 15 is 0 Å². The number of hydrogen-bond acceptors (Lipinski definition) is 6. The molecule has 2 unspecified atom stereocenters. The summed E-state index contributed by atoms with van der Waals surface area (Å²) in [4.78, 5) is 0. The first-order valence-electron chi connectivity index (χ1n) is 7.06. The van der Waals surface area contributed by atoms with Crippen LogP contribution >= 0.6 is 0 Å². The van der Waals surface area contributed by atoms with Gasteiger partial charge >= 0.3 is 6.01 Å². The highest BCUT2D eigenvalue weighted by molar-refractivity contribution is 5.24. The molecule has 0 saturated carbocycles. The Bertz CT molecular complexity index is 388. The third-order valence-electron chi connectivity index (χ3n) is 3.36. The number of rotatable bonds is 6. The van der Waals surface area contributed by atoms with Crippen LogP contribution in [0.5, 0.6) is 0 Å². The van der Waals surface area contributed by atoms with Gasteiger partial charge in [0.2, 0.25) is 5.89 Å². The van der Waals surface area contributed by atoms with E-state index in [1.807, 2.05) is 6.92 Å². The standard InChI is InChI=1S/C13H24N4O2/c1-4-7-14-10(2)11-16-17-12(19-11)15-13(3)6-5-8-18-9-13/h10,14H,4-9H2,1-3H3,(H,15,17). The quantitative estimate of drug-likeness (QED) is 0.823. The van der Waals surface area contributed by atoms with E-state index in [9.17, 15) is 0 Å². The molecular weight excluding hydrogens is 244 g/mol. The Morgan fingerprint density at radius 1 is 1.42 bits per heavy atom. The van der Waals surface area contributed by atoms with Gasteiger partial charge < -0.3 is 19.8 Å². The normalized spacial score (nSPS) is 25.2. The Labute approximate surface area is 114 Å². The second-order valence-electron chi connectivity index (χ2n) is 5.46. The third-order valence-corrected chi connectivity index (χ3v) is 3.36. The van der Waals surface area contributed by atoms with Crippen LogP contribution < -0.4 is 10.6 Å². The van der Waals surface area contributed by atoms with Crippen molar-refractivity contribution in [2.45, 2.75) is 51.6 Å². The summed E-state index contributed by atoms with van der Waals surface area (Å²) in [5.41, 5.74) is -0.109. The Hall–Kier alpha value is -1.14. The monoisotopic (exact) mass is 268 g/mol. The zero-order valence-corrected chi connectivity index (χ0v) is 12.0. The van der Waals surface area contributed by atoms with Crippen molar-refractivity contribution in [2.24, 2.45) is 0 Å². The Morgan fingerprint density at radius 2 is 2.26 bits per heavy atom. The highest BCUT2D eigenvalue weighted by atomic mass is 16.5. The second kappa shape index (κ2) is 6.34. The lowest BCUT2D eigenvalue weighted by Crippen LogP contribution is -2.43. The molecule has 0 radical (unpaired) electrons. The molecule has 6 nitrogen and oxygen atoms in total. The van der Waals surface area contributed by atoms with E-state index in [4.69, 9.17) is 9.15 Å². The Kier molecular flexibility index (Phi) is 4.76. The van der Waals surface area contributed by atoms with Crippen molar-refractivity contribution in [3.63, 3.8) is 0 Å². The van der Waals surface area contributed by atoms with Crippen molar-refractivity contribution >= 4 is 6.01 Å². The van der Waals surface area contributed by atoms with Crippen LogP contribution in [-0.2, 0) is 4.74 Å². The summed E-state index contributed by atoms with van der Waals surface area (Å²) < 4.78 is 11.2. The second-order valence-corrected chi connectivity index (χ2v) is 5.46. The minimum Gasteiger partial charge on any atom is -0.406 e. The molecule has 1 aliphatic rings. The average molecular weight is 268 g/mol. The van der Waals surface area contributed by atoms with Gasteiger partial charge in [-0.15, -0.1) is 5.10 Å². The smallest absolute Gasteiger partial charge is 0.316 e. The van der Waals surface area contributed by atoms with Crippen LogP contribution in [0.15, 0.2) is 4.42 Å². The molecule has 1 aliphatic heterocycles. The van der Waals surface area contributed by atoms with Gasteiger partial charge in [-0.2, -0.15) is 0 Å². The van der Waals surface area contributed by atoms with Gasteiger partial charge in [-0.05, 0) is 39.7 Å². The van der Waals surface area contributed by atoms with Crippen LogP contribution in [0.3, 0.4) is 0 Å². The minimum absolute atomic E-state index is 0.0819. The van der Waals surface area contributed by atoms with Crippen molar-refractivity contribution in [3.8, 4) is 0 Å². The zero-order chi connectivity index (χ0) is 13.7. The van der Waals surface area contributed by atoms with Gasteiger partial charge in [0.1, 0.15) is 0 Å². The topological polar surface area (TPSA) is 72.2 Å². The summed E-state index contributed by atoms with van der Waals surface area (Å²) in [5.74, 6) is 0.622. The van der Waals surface area contributed by atoms with Gasteiger partial charge in [-0.3, -0.25) is 0 Å². The lowest BCUT2D eigenvalue weighted by Gasteiger charge is -2.33. The largest absolute Gasteiger partial charge is 0.406 e. The van der Waals surface area contributed by atoms with E-state index in [0.29, 0.717) is 18.5 Å². The van der Waals surface area contributed by atoms with Crippen molar-refractivity contribution in [1.29, 1.82) is 0 Å². The van der Waals surface area contributed by atoms with Crippen LogP contribution in [0.25, 0.3) is 0 Å². The van der Waals surface area contributed by atoms with Crippen LogP contribution in [0.2, 0.25) is 0 Å². The van der Waals surface area contributed by atoms with E-state index in [2.05, 4.69) is 34.7 Å². The third kappa shape index (κ3) is 3.91. The molecule has 0 aromatic carbocycles. The molecule has 2 rings (SSSR count). The number of nitrogens with one attached hydrogen (secondary N) is 2. The SMILES string of the molecule is CCCNC(C)c1nnc(NC2(C)CCCOC2)o1. The maximum absolute atomic E-state index is 5.66. The van der Waals surface area contributed by atoms with Gasteiger partial charge in [0.25, 0.3) is 0 Å². The molecule has 0 spiro atoms. The number of hydrogen-bond donors (Lipinski definition) is 2. The fraction of sp³-hybridized carbons (Fsp3) is 0.846. The molecule has 19 heavy (non-hydrogen) atoms. The van der Waals surface area contributed by atoms with Crippen molar-refractivity contribution in [3.05, 3.63) is 5.89 Å². The number of ether oxygens (including phenoxy) is 1. The molecule has 0 amide bonds. The van der Waals surface area contributed by atoms with E-state index in [0.717, 1.165) is 32.4 Å². The summed E-state index contributed by atoms with van der Waals surface area (Å²) in [7, 11) is 0. The molecule has 108 valence electrons. The van der Waals surface area contributed by atoms with E-state index in [-0.39, 0.29) is 11.6 Å². The fourth-order valence-corrected chi connectivity index (χ4v) is 2.20. The van der Waals surface area contributed by atoms with Crippen molar-refractivity contribution < 1.29 is 9.15 Å². The van der Waals surface area contributed by atoms with Crippen molar-refractivity contribution in [2.75, 3.05) is 25.1 Å². The summed E-state index contributed by atoms with van der Waals surface area (Å²) in [5, 5.41) is 14.8. The number of anilines is 1. The van der Waals surface area contributed by atoms with Crippen LogP contribution in [0, 0.1) is 0 Å². The molecule has 2 atom stereocenters. The predicted molar refractivity (Wildman–Crippen MR) is 73.1 cm³/mol. The molecule has 1 aromatic rings. The van der Waals surface area contributed by atoms with E-state index in [1.54, 1.807) is 0 Å². The lowest BCUT2D eigenvalue weighted by atomic mass is 9.95. The van der Waals surface area contributed by atoms with Crippen LogP contribution in [0.4, 0.5) is 6.01 Å². The van der Waals surface area contributed by atoms with Gasteiger partial charge in [-0.1, -0.05) is 12.0 Å². The summed E-state index contributed by atoms with van der Waals surface area (Å²) in [6.07, 6.45) is 3.19. The van der Waals surface area contributed by atoms with Gasteiger partial charge in [-0.25, -0.2) is 0 Å². The van der Waals surface area contributed by atoms with Gasteiger partial charge in [0.15, 0.2) is 0 Å². The Balaban J connectivity index is 1.93. The molecular formula is C13H24N4O2. The van der Waals surface area contributed by atoms with Gasteiger partial charge in [0.05, 0.1) is 18.2 Å². The first kappa shape index (κ1) is 14.3.